The zero-order valence-electron chi connectivity index (χ0n) is 12.5. The minimum absolute atomic E-state index is 0.0611. The first-order chi connectivity index (χ1) is 9.08. The molecule has 0 saturated carbocycles. The number of nitrogens with zero attached hydrogens (tertiary/aromatic N) is 1. The molecule has 0 bridgehead atoms. The van der Waals surface area contributed by atoms with Crippen LogP contribution in [0.3, 0.4) is 0 Å². The van der Waals surface area contributed by atoms with Crippen molar-refractivity contribution in [3.8, 4) is 0 Å². The summed E-state index contributed by atoms with van der Waals surface area (Å²) in [5, 5.41) is 3.51. The maximum absolute atomic E-state index is 12.3. The second-order valence-corrected chi connectivity index (χ2v) is 6.30. The van der Waals surface area contributed by atoms with Crippen molar-refractivity contribution in [1.29, 1.82) is 0 Å². The van der Waals surface area contributed by atoms with Crippen molar-refractivity contribution >= 4 is 5.91 Å². The van der Waals surface area contributed by atoms with E-state index < -0.39 is 0 Å². The van der Waals surface area contributed by atoms with Gasteiger partial charge in [0.2, 0.25) is 5.91 Å². The van der Waals surface area contributed by atoms with Gasteiger partial charge in [0.05, 0.1) is 12.1 Å². The second-order valence-electron chi connectivity index (χ2n) is 6.30. The minimum atomic E-state index is -0.0611. The summed E-state index contributed by atoms with van der Waals surface area (Å²) >= 11 is 0. The predicted octanol–water partition coefficient (Wildman–Crippen LogP) is 1.79. The van der Waals surface area contributed by atoms with Gasteiger partial charge in [-0.15, -0.1) is 0 Å². The molecule has 3 unspecified atom stereocenters. The number of carbonyl (C=O) groups excluding carboxylic acids is 1. The zero-order valence-corrected chi connectivity index (χ0v) is 12.5. The number of carbonyl (C=O) groups is 1. The van der Waals surface area contributed by atoms with Crippen LogP contribution in [0.1, 0.15) is 46.5 Å². The van der Waals surface area contributed by atoms with Crippen molar-refractivity contribution < 1.29 is 9.53 Å². The molecule has 19 heavy (non-hydrogen) atoms. The molecule has 0 aromatic carbocycles. The van der Waals surface area contributed by atoms with E-state index in [0.717, 1.165) is 45.4 Å². The van der Waals surface area contributed by atoms with Crippen LogP contribution in [0.4, 0.5) is 0 Å². The molecule has 1 amide bonds. The third-order valence-corrected chi connectivity index (χ3v) is 4.33. The standard InChI is InChI=1S/C15H28N2O2/c1-11(2)14-10-13(6-9-19-14)16-12(3)15(18)17-7-4-5-8-17/h11-14,16H,4-10H2,1-3H3. The van der Waals surface area contributed by atoms with Crippen LogP contribution in [0.25, 0.3) is 0 Å². The number of likely N-dealkylation sites (tertiary alicyclic amines) is 1. The molecule has 0 aromatic rings. The van der Waals surface area contributed by atoms with Crippen LogP contribution >= 0.6 is 0 Å². The molecule has 0 aliphatic carbocycles. The Kier molecular flexibility index (Phi) is 5.22. The first kappa shape index (κ1) is 14.8. The number of amides is 1. The summed E-state index contributed by atoms with van der Waals surface area (Å²) < 4.78 is 5.78. The Labute approximate surface area is 116 Å². The van der Waals surface area contributed by atoms with Crippen molar-refractivity contribution in [2.24, 2.45) is 5.92 Å². The molecule has 2 rings (SSSR count). The first-order valence-electron chi connectivity index (χ1n) is 7.74. The van der Waals surface area contributed by atoms with Gasteiger partial charge in [-0.05, 0) is 38.5 Å². The molecule has 0 spiro atoms. The van der Waals surface area contributed by atoms with Crippen molar-refractivity contribution in [3.63, 3.8) is 0 Å². The second kappa shape index (κ2) is 6.71. The molecule has 2 aliphatic rings. The van der Waals surface area contributed by atoms with E-state index in [1.807, 2.05) is 11.8 Å². The lowest BCUT2D eigenvalue weighted by Crippen LogP contribution is -2.50. The smallest absolute Gasteiger partial charge is 0.239 e. The van der Waals surface area contributed by atoms with Crippen LogP contribution < -0.4 is 5.32 Å². The minimum Gasteiger partial charge on any atom is -0.378 e. The van der Waals surface area contributed by atoms with Crippen molar-refractivity contribution in [2.45, 2.75) is 64.6 Å². The molecular formula is C15H28N2O2. The lowest BCUT2D eigenvalue weighted by atomic mass is 9.95. The fourth-order valence-electron chi connectivity index (χ4n) is 3.08. The summed E-state index contributed by atoms with van der Waals surface area (Å²) in [6.07, 6.45) is 4.69. The van der Waals surface area contributed by atoms with Crippen LogP contribution in [0.15, 0.2) is 0 Å². The number of ether oxygens (including phenoxy) is 1. The molecule has 4 nitrogen and oxygen atoms in total. The molecule has 110 valence electrons. The maximum Gasteiger partial charge on any atom is 0.239 e. The van der Waals surface area contributed by atoms with E-state index in [-0.39, 0.29) is 11.9 Å². The van der Waals surface area contributed by atoms with E-state index in [4.69, 9.17) is 4.74 Å². The van der Waals surface area contributed by atoms with Crippen LogP contribution in [0.2, 0.25) is 0 Å². The molecule has 2 saturated heterocycles. The van der Waals surface area contributed by atoms with E-state index in [1.165, 1.54) is 0 Å². The summed E-state index contributed by atoms with van der Waals surface area (Å²) in [5.41, 5.74) is 0. The number of rotatable bonds is 4. The Morgan fingerprint density at radius 1 is 1.26 bits per heavy atom. The van der Waals surface area contributed by atoms with E-state index in [1.54, 1.807) is 0 Å². The first-order valence-corrected chi connectivity index (χ1v) is 7.74. The van der Waals surface area contributed by atoms with E-state index in [9.17, 15) is 4.79 Å². The third-order valence-electron chi connectivity index (χ3n) is 4.33. The quantitative estimate of drug-likeness (QED) is 0.845. The van der Waals surface area contributed by atoms with Gasteiger partial charge in [-0.3, -0.25) is 4.79 Å². The van der Waals surface area contributed by atoms with Gasteiger partial charge in [-0.25, -0.2) is 0 Å². The SMILES string of the molecule is CC(NC1CCOC(C(C)C)C1)C(=O)N1CCCC1. The van der Waals surface area contributed by atoms with E-state index in [2.05, 4.69) is 19.2 Å². The van der Waals surface area contributed by atoms with E-state index in [0.29, 0.717) is 18.1 Å². The molecule has 2 heterocycles. The highest BCUT2D eigenvalue weighted by atomic mass is 16.5. The van der Waals surface area contributed by atoms with Crippen molar-refractivity contribution in [3.05, 3.63) is 0 Å². The van der Waals surface area contributed by atoms with Gasteiger partial charge in [0.25, 0.3) is 0 Å². The van der Waals surface area contributed by atoms with Gasteiger partial charge < -0.3 is 15.0 Å². The molecular weight excluding hydrogens is 240 g/mol. The number of hydrogen-bond acceptors (Lipinski definition) is 3. The Hall–Kier alpha value is -0.610. The highest BCUT2D eigenvalue weighted by Gasteiger charge is 2.29. The Bertz CT molecular complexity index is 301. The highest BCUT2D eigenvalue weighted by Crippen LogP contribution is 2.21. The number of hydrogen-bond donors (Lipinski definition) is 1. The predicted molar refractivity (Wildman–Crippen MR) is 76.0 cm³/mol. The Balaban J connectivity index is 1.80. The molecule has 2 fully saturated rings. The average Bonchev–Trinajstić information content (AvgIpc) is 2.92. The fraction of sp³-hybridized carbons (Fsp3) is 0.933. The monoisotopic (exact) mass is 268 g/mol. The molecule has 0 radical (unpaired) electrons. The summed E-state index contributed by atoms with van der Waals surface area (Å²) in [5.74, 6) is 0.819. The normalized spacial score (nSPS) is 29.8. The molecule has 2 aliphatic heterocycles. The zero-order chi connectivity index (χ0) is 13.8. The van der Waals surface area contributed by atoms with Gasteiger partial charge in [0, 0.05) is 25.7 Å². The molecule has 0 aromatic heterocycles. The fourth-order valence-corrected chi connectivity index (χ4v) is 3.08. The maximum atomic E-state index is 12.3. The Morgan fingerprint density at radius 2 is 1.95 bits per heavy atom. The van der Waals surface area contributed by atoms with Gasteiger partial charge in [0.1, 0.15) is 0 Å². The van der Waals surface area contributed by atoms with Gasteiger partial charge in [0.15, 0.2) is 0 Å². The third kappa shape index (κ3) is 3.93. The summed E-state index contributed by atoms with van der Waals surface area (Å²) in [7, 11) is 0. The van der Waals surface area contributed by atoms with Crippen LogP contribution in [0, 0.1) is 5.92 Å². The van der Waals surface area contributed by atoms with Crippen LogP contribution in [0.5, 0.6) is 0 Å². The van der Waals surface area contributed by atoms with E-state index >= 15 is 0 Å². The van der Waals surface area contributed by atoms with Crippen LogP contribution in [-0.4, -0.2) is 48.7 Å². The molecule has 1 N–H and O–H groups in total. The summed E-state index contributed by atoms with van der Waals surface area (Å²) in [6, 6.07) is 0.358. The lowest BCUT2D eigenvalue weighted by molar-refractivity contribution is -0.132. The molecule has 3 atom stereocenters. The van der Waals surface area contributed by atoms with Crippen molar-refractivity contribution in [1.82, 2.24) is 10.2 Å². The van der Waals surface area contributed by atoms with Gasteiger partial charge in [-0.2, -0.15) is 0 Å². The lowest BCUT2D eigenvalue weighted by Gasteiger charge is -2.34. The Morgan fingerprint density at radius 3 is 2.58 bits per heavy atom. The van der Waals surface area contributed by atoms with Gasteiger partial charge >= 0.3 is 0 Å². The van der Waals surface area contributed by atoms with Crippen LogP contribution in [-0.2, 0) is 9.53 Å². The number of nitrogens with one attached hydrogen (secondary N) is 1. The highest BCUT2D eigenvalue weighted by molar-refractivity contribution is 5.81. The van der Waals surface area contributed by atoms with Crippen molar-refractivity contribution in [2.75, 3.05) is 19.7 Å². The topological polar surface area (TPSA) is 41.6 Å². The summed E-state index contributed by atoms with van der Waals surface area (Å²) in [6.45, 7) is 9.09. The largest absolute Gasteiger partial charge is 0.378 e. The molecule has 4 heteroatoms. The summed E-state index contributed by atoms with van der Waals surface area (Å²) in [4.78, 5) is 14.3. The van der Waals surface area contributed by atoms with Gasteiger partial charge in [-0.1, -0.05) is 13.8 Å². The average molecular weight is 268 g/mol.